The third kappa shape index (κ3) is 6.72. The fraction of sp³-hybridized carbons (Fsp3) is 0.409. The summed E-state index contributed by atoms with van der Waals surface area (Å²) in [5, 5.41) is 0. The Bertz CT molecular complexity index is 1020. The van der Waals surface area contributed by atoms with Gasteiger partial charge in [0.25, 0.3) is 0 Å². The van der Waals surface area contributed by atoms with Crippen molar-refractivity contribution in [2.75, 3.05) is 6.54 Å². The molecule has 1 amide bonds. The van der Waals surface area contributed by atoms with Gasteiger partial charge in [-0.15, -0.1) is 0 Å². The lowest BCUT2D eigenvalue weighted by molar-refractivity contribution is -0.138. The lowest BCUT2D eigenvalue weighted by Gasteiger charge is -2.27. The molecule has 0 saturated carbocycles. The van der Waals surface area contributed by atoms with Crippen LogP contribution in [-0.2, 0) is 27.6 Å². The van der Waals surface area contributed by atoms with Crippen LogP contribution in [0.25, 0.3) is 0 Å². The zero-order valence-electron chi connectivity index (χ0n) is 17.8. The van der Waals surface area contributed by atoms with Gasteiger partial charge in [-0.25, -0.2) is 0 Å². The number of carbonyl (C=O) groups excluding carboxylic acids is 1. The molecule has 9 heteroatoms. The van der Waals surface area contributed by atoms with E-state index in [9.17, 15) is 26.4 Å². The largest absolute Gasteiger partial charge is 0.416 e. The topological polar surface area (TPSA) is 63.7 Å². The number of nitrogens with zero attached hydrogens (tertiary/aromatic N) is 1. The first-order chi connectivity index (χ1) is 14.3. The Morgan fingerprint density at radius 2 is 1.68 bits per heavy atom. The van der Waals surface area contributed by atoms with Gasteiger partial charge in [0.2, 0.25) is 5.91 Å². The van der Waals surface area contributed by atoms with Gasteiger partial charge in [0, 0.05) is 24.6 Å². The van der Waals surface area contributed by atoms with Crippen molar-refractivity contribution in [3.05, 3.63) is 59.7 Å². The first kappa shape index (κ1) is 24.7. The summed E-state index contributed by atoms with van der Waals surface area (Å²) in [6, 6.07) is 9.63. The lowest BCUT2D eigenvalue weighted by atomic mass is 10.1. The Kier molecular flexibility index (Phi) is 7.75. The first-order valence-electron chi connectivity index (χ1n) is 9.79. The maximum Gasteiger partial charge on any atom is 0.416 e. The molecule has 0 radical (unpaired) electrons. The van der Waals surface area contributed by atoms with Crippen LogP contribution in [0.3, 0.4) is 0 Å². The summed E-state index contributed by atoms with van der Waals surface area (Å²) in [7, 11) is -4.52. The number of rotatable bonds is 8. The maximum atomic E-state index is 13.0. The molecule has 0 heterocycles. The van der Waals surface area contributed by atoms with Gasteiger partial charge in [0.05, 0.1) is 5.56 Å². The average molecular weight is 458 g/mol. The van der Waals surface area contributed by atoms with E-state index in [2.05, 4.69) is 0 Å². The molecule has 0 aliphatic rings. The summed E-state index contributed by atoms with van der Waals surface area (Å²) in [5.74, 6) is -0.195. The molecule has 0 atom stereocenters. The molecular formula is C22H26F3NO4S. The van der Waals surface area contributed by atoms with Crippen molar-refractivity contribution in [2.24, 2.45) is 11.8 Å². The van der Waals surface area contributed by atoms with Gasteiger partial charge in [-0.1, -0.05) is 52.0 Å². The van der Waals surface area contributed by atoms with Crippen molar-refractivity contribution < 1.29 is 30.6 Å². The van der Waals surface area contributed by atoms with E-state index in [-0.39, 0.29) is 30.0 Å². The van der Waals surface area contributed by atoms with E-state index in [4.69, 9.17) is 4.18 Å². The van der Waals surface area contributed by atoms with Crippen LogP contribution in [0.5, 0.6) is 5.75 Å². The fourth-order valence-electron chi connectivity index (χ4n) is 2.95. The minimum atomic E-state index is -4.68. The summed E-state index contributed by atoms with van der Waals surface area (Å²) in [5.41, 5.74) is -0.649. The van der Waals surface area contributed by atoms with Crippen LogP contribution in [0.2, 0.25) is 0 Å². The van der Waals surface area contributed by atoms with Crippen molar-refractivity contribution >= 4 is 16.0 Å². The van der Waals surface area contributed by atoms with Crippen LogP contribution in [0.4, 0.5) is 13.2 Å². The molecule has 170 valence electrons. The van der Waals surface area contributed by atoms with Crippen LogP contribution in [-0.4, -0.2) is 25.8 Å². The van der Waals surface area contributed by atoms with Gasteiger partial charge in [-0.3, -0.25) is 4.79 Å². The van der Waals surface area contributed by atoms with Crippen LogP contribution in [0, 0.1) is 11.8 Å². The van der Waals surface area contributed by atoms with Crippen molar-refractivity contribution in [1.29, 1.82) is 0 Å². The summed E-state index contributed by atoms with van der Waals surface area (Å²) >= 11 is 0. The smallest absolute Gasteiger partial charge is 0.379 e. The van der Waals surface area contributed by atoms with Gasteiger partial charge < -0.3 is 9.08 Å². The molecule has 0 spiro atoms. The highest BCUT2D eigenvalue weighted by Gasteiger charge is 2.32. The van der Waals surface area contributed by atoms with Gasteiger partial charge >= 0.3 is 16.3 Å². The molecule has 0 aliphatic heterocycles. The number of carbonyl (C=O) groups is 1. The van der Waals surface area contributed by atoms with Crippen LogP contribution < -0.4 is 4.18 Å². The summed E-state index contributed by atoms with van der Waals surface area (Å²) in [6.07, 6.45) is -4.68. The Labute approximate surface area is 181 Å². The zero-order valence-corrected chi connectivity index (χ0v) is 18.6. The third-order valence-corrected chi connectivity index (χ3v) is 5.60. The summed E-state index contributed by atoms with van der Waals surface area (Å²) < 4.78 is 69.4. The number of hydrogen-bond acceptors (Lipinski definition) is 4. The second-order valence-electron chi connectivity index (χ2n) is 7.94. The Morgan fingerprint density at radius 3 is 2.26 bits per heavy atom. The summed E-state index contributed by atoms with van der Waals surface area (Å²) in [4.78, 5) is 13.6. The normalized spacial score (nSPS) is 12.3. The highest BCUT2D eigenvalue weighted by molar-refractivity contribution is 7.87. The molecule has 31 heavy (non-hydrogen) atoms. The SMILES string of the molecule is CC(C)CN(Cc1ccccc1OS(=O)(=O)c1cccc(C(F)(F)F)c1)C(=O)C(C)C. The average Bonchev–Trinajstić information content (AvgIpc) is 2.67. The predicted molar refractivity (Wildman–Crippen MR) is 111 cm³/mol. The molecule has 0 bridgehead atoms. The molecule has 0 aromatic heterocycles. The van der Waals surface area contributed by atoms with E-state index in [0.717, 1.165) is 18.2 Å². The minimum Gasteiger partial charge on any atom is -0.379 e. The zero-order chi connectivity index (χ0) is 23.4. The standard InChI is InChI=1S/C22H26F3NO4S/c1-15(2)13-26(21(27)16(3)4)14-17-8-5-6-11-20(17)30-31(28,29)19-10-7-9-18(12-19)22(23,24)25/h5-12,15-16H,13-14H2,1-4H3. The van der Waals surface area contributed by atoms with E-state index >= 15 is 0 Å². The highest BCUT2D eigenvalue weighted by Crippen LogP contribution is 2.31. The predicted octanol–water partition coefficient (Wildman–Crippen LogP) is 5.11. The van der Waals surface area contributed by atoms with Crippen LogP contribution in [0.15, 0.2) is 53.4 Å². The third-order valence-electron chi connectivity index (χ3n) is 4.37. The van der Waals surface area contributed by atoms with Crippen LogP contribution in [0.1, 0.15) is 38.8 Å². The maximum absolute atomic E-state index is 13.0. The van der Waals surface area contributed by atoms with Crippen molar-refractivity contribution in [3.8, 4) is 5.75 Å². The van der Waals surface area contributed by atoms with Crippen molar-refractivity contribution in [3.63, 3.8) is 0 Å². The molecule has 0 unspecified atom stereocenters. The van der Waals surface area contributed by atoms with E-state index in [1.807, 2.05) is 13.8 Å². The van der Waals surface area contributed by atoms with E-state index < -0.39 is 26.8 Å². The number of halogens is 3. The lowest BCUT2D eigenvalue weighted by Crippen LogP contribution is -2.36. The van der Waals surface area contributed by atoms with Crippen molar-refractivity contribution in [1.82, 2.24) is 4.90 Å². The fourth-order valence-corrected chi connectivity index (χ4v) is 3.97. The molecule has 2 aromatic rings. The molecule has 5 nitrogen and oxygen atoms in total. The van der Waals surface area contributed by atoms with E-state index in [1.165, 1.54) is 6.07 Å². The molecule has 0 N–H and O–H groups in total. The van der Waals surface area contributed by atoms with Gasteiger partial charge in [0.1, 0.15) is 10.6 Å². The molecule has 0 fully saturated rings. The van der Waals surface area contributed by atoms with Gasteiger partial charge in [-0.2, -0.15) is 21.6 Å². The number of benzene rings is 2. The number of alkyl halides is 3. The number of amides is 1. The van der Waals surface area contributed by atoms with Gasteiger partial charge in [-0.05, 0) is 30.2 Å². The minimum absolute atomic E-state index is 0.0368. The Hall–Kier alpha value is -2.55. The number of para-hydroxylation sites is 1. The molecule has 2 rings (SSSR count). The monoisotopic (exact) mass is 457 g/mol. The molecule has 0 saturated heterocycles. The first-order valence-corrected chi connectivity index (χ1v) is 11.2. The van der Waals surface area contributed by atoms with Crippen LogP contribution >= 0.6 is 0 Å². The second-order valence-corrected chi connectivity index (χ2v) is 9.48. The van der Waals surface area contributed by atoms with Gasteiger partial charge in [0.15, 0.2) is 0 Å². The van der Waals surface area contributed by atoms with E-state index in [1.54, 1.807) is 36.9 Å². The molecule has 0 aliphatic carbocycles. The van der Waals surface area contributed by atoms with E-state index in [0.29, 0.717) is 18.2 Å². The highest BCUT2D eigenvalue weighted by atomic mass is 32.2. The molecular weight excluding hydrogens is 431 g/mol. The number of hydrogen-bond donors (Lipinski definition) is 0. The Morgan fingerprint density at radius 1 is 1.03 bits per heavy atom. The Balaban J connectivity index is 2.36. The second kappa shape index (κ2) is 9.72. The molecule has 2 aromatic carbocycles. The quantitative estimate of drug-likeness (QED) is 0.517. The summed E-state index contributed by atoms with van der Waals surface area (Å²) in [6.45, 7) is 8.05. The van der Waals surface area contributed by atoms with Crippen molar-refractivity contribution in [2.45, 2.75) is 45.3 Å².